The van der Waals surface area contributed by atoms with Crippen molar-refractivity contribution in [1.29, 1.82) is 0 Å². The maximum absolute atomic E-state index is 12.4. The second kappa shape index (κ2) is 8.65. The number of rotatable bonds is 3. The molecule has 1 unspecified atom stereocenters. The van der Waals surface area contributed by atoms with Crippen molar-refractivity contribution in [1.82, 2.24) is 9.80 Å². The number of hydrogen-bond donors (Lipinski definition) is 0. The van der Waals surface area contributed by atoms with E-state index in [0.717, 1.165) is 45.5 Å². The normalized spacial score (nSPS) is 23.8. The Hall–Kier alpha value is -1.59. The summed E-state index contributed by atoms with van der Waals surface area (Å²) in [5, 5.41) is 0. The van der Waals surface area contributed by atoms with Gasteiger partial charge in [-0.25, -0.2) is 4.79 Å². The zero-order chi connectivity index (χ0) is 21.2. The lowest BCUT2D eigenvalue weighted by Gasteiger charge is -2.51. The summed E-state index contributed by atoms with van der Waals surface area (Å²) in [5.41, 5.74) is 2.02. The van der Waals surface area contributed by atoms with Crippen LogP contribution < -0.4 is 0 Å². The van der Waals surface area contributed by atoms with Crippen molar-refractivity contribution in [2.75, 3.05) is 26.2 Å². The van der Waals surface area contributed by atoms with Crippen LogP contribution in [0.4, 0.5) is 4.79 Å². The monoisotopic (exact) mass is 402 g/mol. The molecule has 0 aliphatic carbocycles. The maximum Gasteiger partial charge on any atom is 0.410 e. The minimum absolute atomic E-state index is 0.186. The molecule has 2 heterocycles. The van der Waals surface area contributed by atoms with Gasteiger partial charge in [-0.3, -0.25) is 4.90 Å². The lowest BCUT2D eigenvalue weighted by atomic mass is 9.86. The fourth-order valence-corrected chi connectivity index (χ4v) is 4.52. The van der Waals surface area contributed by atoms with E-state index >= 15 is 0 Å². The van der Waals surface area contributed by atoms with Crippen LogP contribution in [-0.4, -0.2) is 65.4 Å². The van der Waals surface area contributed by atoms with Crippen molar-refractivity contribution in [2.45, 2.75) is 84.1 Å². The molecule has 2 fully saturated rings. The first-order valence-corrected chi connectivity index (χ1v) is 11.0. The number of amides is 1. The van der Waals surface area contributed by atoms with Crippen molar-refractivity contribution in [3.8, 4) is 0 Å². The molecule has 0 N–H and O–H groups in total. The van der Waals surface area contributed by atoms with Crippen LogP contribution in [0.3, 0.4) is 0 Å². The number of carbonyl (C=O) groups excluding carboxylic acids is 1. The third-order valence-corrected chi connectivity index (χ3v) is 6.16. The molecule has 1 aromatic carbocycles. The fourth-order valence-electron chi connectivity index (χ4n) is 4.52. The topological polar surface area (TPSA) is 42.0 Å². The molecule has 0 bridgehead atoms. The number of hydrogen-bond acceptors (Lipinski definition) is 4. The third-order valence-electron chi connectivity index (χ3n) is 6.16. The summed E-state index contributed by atoms with van der Waals surface area (Å²) in [5.74, 6) is 0. The molecular formula is C24H38N2O3. The summed E-state index contributed by atoms with van der Waals surface area (Å²) < 4.78 is 11.7. The Morgan fingerprint density at radius 3 is 2.34 bits per heavy atom. The van der Waals surface area contributed by atoms with Gasteiger partial charge < -0.3 is 14.4 Å². The molecule has 2 aliphatic heterocycles. The Bertz CT molecular complexity index is 685. The van der Waals surface area contributed by atoms with Gasteiger partial charge in [0, 0.05) is 31.7 Å². The van der Waals surface area contributed by atoms with Crippen LogP contribution in [-0.2, 0) is 15.9 Å². The zero-order valence-corrected chi connectivity index (χ0v) is 19.0. The van der Waals surface area contributed by atoms with Crippen molar-refractivity contribution in [3.05, 3.63) is 35.4 Å². The van der Waals surface area contributed by atoms with Gasteiger partial charge in [-0.15, -0.1) is 0 Å². The second-order valence-corrected chi connectivity index (χ2v) is 10.1. The highest BCUT2D eigenvalue weighted by Gasteiger charge is 2.42. The summed E-state index contributed by atoms with van der Waals surface area (Å²) in [7, 11) is 0. The first-order chi connectivity index (χ1) is 13.5. The van der Waals surface area contributed by atoms with Crippen LogP contribution in [0, 0.1) is 6.92 Å². The van der Waals surface area contributed by atoms with E-state index in [1.807, 2.05) is 25.7 Å². The smallest absolute Gasteiger partial charge is 0.410 e. The fraction of sp³-hybridized carbons (Fsp3) is 0.708. The average molecular weight is 403 g/mol. The van der Waals surface area contributed by atoms with Gasteiger partial charge in [-0.05, 0) is 66.4 Å². The number of carbonyl (C=O) groups is 1. The van der Waals surface area contributed by atoms with Gasteiger partial charge in [-0.2, -0.15) is 0 Å². The molecular weight excluding hydrogens is 364 g/mol. The molecule has 0 aromatic heterocycles. The number of nitrogens with zero attached hydrogens (tertiary/aromatic N) is 2. The van der Waals surface area contributed by atoms with Crippen molar-refractivity contribution in [3.63, 3.8) is 0 Å². The molecule has 2 aliphatic rings. The zero-order valence-electron chi connectivity index (χ0n) is 19.0. The number of piperidine rings is 1. The number of ether oxygens (including phenoxy) is 2. The van der Waals surface area contributed by atoms with E-state index in [4.69, 9.17) is 9.47 Å². The molecule has 0 saturated carbocycles. The summed E-state index contributed by atoms with van der Waals surface area (Å²) in [6, 6.07) is 9.67. The van der Waals surface area contributed by atoms with Crippen molar-refractivity contribution in [2.24, 2.45) is 0 Å². The lowest BCUT2D eigenvalue weighted by Crippen LogP contribution is -2.62. The molecule has 2 saturated heterocycles. The number of likely N-dealkylation sites (tertiary alicyclic amines) is 1. The number of morpholine rings is 1. The van der Waals surface area contributed by atoms with Crippen LogP contribution in [0.2, 0.25) is 0 Å². The molecule has 1 aromatic rings. The molecule has 5 heteroatoms. The van der Waals surface area contributed by atoms with E-state index in [0.29, 0.717) is 12.1 Å². The largest absolute Gasteiger partial charge is 0.444 e. The Labute approximate surface area is 176 Å². The first-order valence-electron chi connectivity index (χ1n) is 11.0. The summed E-state index contributed by atoms with van der Waals surface area (Å²) in [6.07, 6.45) is 2.77. The highest BCUT2D eigenvalue weighted by Crippen LogP contribution is 2.32. The van der Waals surface area contributed by atoms with Gasteiger partial charge in [0.25, 0.3) is 0 Å². The second-order valence-electron chi connectivity index (χ2n) is 10.1. The predicted molar refractivity (Wildman–Crippen MR) is 116 cm³/mol. The molecule has 1 atom stereocenters. The first kappa shape index (κ1) is 22.1. The average Bonchev–Trinajstić information content (AvgIpc) is 2.63. The highest BCUT2D eigenvalue weighted by molar-refractivity contribution is 5.68. The Morgan fingerprint density at radius 1 is 1.14 bits per heavy atom. The van der Waals surface area contributed by atoms with E-state index in [2.05, 4.69) is 49.9 Å². The third kappa shape index (κ3) is 5.73. The van der Waals surface area contributed by atoms with E-state index < -0.39 is 5.60 Å². The van der Waals surface area contributed by atoms with Gasteiger partial charge in [-0.1, -0.05) is 29.8 Å². The van der Waals surface area contributed by atoms with Crippen LogP contribution in [0.25, 0.3) is 0 Å². The van der Waals surface area contributed by atoms with Crippen LogP contribution in [0.5, 0.6) is 0 Å². The molecule has 0 radical (unpaired) electrons. The van der Waals surface area contributed by atoms with E-state index in [9.17, 15) is 4.79 Å². The lowest BCUT2D eigenvalue weighted by molar-refractivity contribution is -0.143. The SMILES string of the molecule is Cc1ccc(CC2N(C3CCN(C(=O)OC(C)(C)C)CC3)CCOC2(C)C)cc1. The highest BCUT2D eigenvalue weighted by atomic mass is 16.6. The Kier molecular flexibility index (Phi) is 6.59. The standard InChI is InChI=1S/C24H38N2O3/c1-18-7-9-19(10-8-18)17-21-24(5,6)28-16-15-26(21)20-11-13-25(14-12-20)22(27)29-23(2,3)4/h7-10,20-21H,11-17H2,1-6H3. The molecule has 1 amide bonds. The van der Waals surface area contributed by atoms with Gasteiger partial charge in [0.1, 0.15) is 5.60 Å². The molecule has 0 spiro atoms. The van der Waals surface area contributed by atoms with Gasteiger partial charge in [0.2, 0.25) is 0 Å². The Morgan fingerprint density at radius 2 is 1.76 bits per heavy atom. The predicted octanol–water partition coefficient (Wildman–Crippen LogP) is 4.42. The minimum atomic E-state index is -0.443. The summed E-state index contributed by atoms with van der Waals surface area (Å²) in [4.78, 5) is 16.9. The van der Waals surface area contributed by atoms with Gasteiger partial charge in [0.05, 0.1) is 12.2 Å². The molecule has 3 rings (SSSR count). The quantitative estimate of drug-likeness (QED) is 0.751. The van der Waals surface area contributed by atoms with Crippen molar-refractivity contribution < 1.29 is 14.3 Å². The molecule has 5 nitrogen and oxygen atoms in total. The summed E-state index contributed by atoms with van der Waals surface area (Å²) in [6.45, 7) is 15.6. The van der Waals surface area contributed by atoms with E-state index in [1.165, 1.54) is 11.1 Å². The van der Waals surface area contributed by atoms with E-state index in [1.54, 1.807) is 0 Å². The van der Waals surface area contributed by atoms with E-state index in [-0.39, 0.29) is 11.7 Å². The molecule has 29 heavy (non-hydrogen) atoms. The van der Waals surface area contributed by atoms with Crippen molar-refractivity contribution >= 4 is 6.09 Å². The van der Waals surface area contributed by atoms with Crippen LogP contribution >= 0.6 is 0 Å². The summed E-state index contributed by atoms with van der Waals surface area (Å²) >= 11 is 0. The van der Waals surface area contributed by atoms with Gasteiger partial charge >= 0.3 is 6.09 Å². The van der Waals surface area contributed by atoms with Gasteiger partial charge in [0.15, 0.2) is 0 Å². The van der Waals surface area contributed by atoms with Crippen LogP contribution in [0.15, 0.2) is 24.3 Å². The van der Waals surface area contributed by atoms with Crippen LogP contribution in [0.1, 0.15) is 58.6 Å². The molecule has 162 valence electrons. The number of benzene rings is 1. The maximum atomic E-state index is 12.4. The number of aryl methyl sites for hydroxylation is 1. The Balaban J connectivity index is 1.66. The minimum Gasteiger partial charge on any atom is -0.444 e.